The van der Waals surface area contributed by atoms with E-state index in [1.54, 1.807) is 11.1 Å². The van der Waals surface area contributed by atoms with Crippen molar-refractivity contribution in [1.29, 1.82) is 0 Å². The summed E-state index contributed by atoms with van der Waals surface area (Å²) in [6.07, 6.45) is 2.37. The standard InChI is InChI=1S/C20H32N2.C2H6/c1-19(2,3)21-13-18-12-16-10-8-7-9-15(16)11-17(21)14-22(18)20(4,5)6;1-2/h7-10,17-18H,11-14H2,1-6H3;1-2H3/t17-,18-;/m1./s1. The van der Waals surface area contributed by atoms with Gasteiger partial charge in [0.05, 0.1) is 0 Å². The van der Waals surface area contributed by atoms with Gasteiger partial charge in [-0.1, -0.05) is 38.1 Å². The largest absolute Gasteiger partial charge is 0.292 e. The highest BCUT2D eigenvalue weighted by molar-refractivity contribution is 5.31. The van der Waals surface area contributed by atoms with Crippen LogP contribution in [-0.4, -0.2) is 46.1 Å². The van der Waals surface area contributed by atoms with E-state index in [9.17, 15) is 0 Å². The maximum absolute atomic E-state index is 2.76. The van der Waals surface area contributed by atoms with E-state index in [4.69, 9.17) is 0 Å². The highest BCUT2D eigenvalue weighted by atomic mass is 15.4. The molecule has 3 aliphatic rings. The molecule has 2 nitrogen and oxygen atoms in total. The first kappa shape index (κ1) is 19.5. The molecule has 2 atom stereocenters. The predicted octanol–water partition coefficient (Wildman–Crippen LogP) is 4.76. The highest BCUT2D eigenvalue weighted by Crippen LogP contribution is 2.34. The molecule has 0 unspecified atom stereocenters. The number of benzene rings is 1. The summed E-state index contributed by atoms with van der Waals surface area (Å²) >= 11 is 0. The molecule has 1 saturated heterocycles. The summed E-state index contributed by atoms with van der Waals surface area (Å²) in [4.78, 5) is 5.52. The second kappa shape index (κ2) is 7.17. The van der Waals surface area contributed by atoms with Crippen LogP contribution in [0.25, 0.3) is 0 Å². The van der Waals surface area contributed by atoms with Gasteiger partial charge >= 0.3 is 0 Å². The van der Waals surface area contributed by atoms with Crippen molar-refractivity contribution in [1.82, 2.24) is 9.80 Å². The Labute approximate surface area is 150 Å². The fourth-order valence-corrected chi connectivity index (χ4v) is 4.41. The Balaban J connectivity index is 0.00000100. The van der Waals surface area contributed by atoms with Crippen molar-refractivity contribution in [3.8, 4) is 0 Å². The minimum atomic E-state index is 0.249. The van der Waals surface area contributed by atoms with Gasteiger partial charge in [-0.2, -0.15) is 0 Å². The van der Waals surface area contributed by atoms with Crippen LogP contribution in [0.4, 0.5) is 0 Å². The van der Waals surface area contributed by atoms with Crippen molar-refractivity contribution in [2.24, 2.45) is 0 Å². The molecule has 0 amide bonds. The lowest BCUT2D eigenvalue weighted by atomic mass is 9.83. The number of hydrogen-bond acceptors (Lipinski definition) is 2. The highest BCUT2D eigenvalue weighted by Gasteiger charge is 2.43. The van der Waals surface area contributed by atoms with Crippen molar-refractivity contribution in [3.05, 3.63) is 35.4 Å². The van der Waals surface area contributed by atoms with Gasteiger partial charge in [0.1, 0.15) is 0 Å². The molecule has 0 aromatic heterocycles. The van der Waals surface area contributed by atoms with E-state index in [-0.39, 0.29) is 11.1 Å². The average Bonchev–Trinajstić information content (AvgIpc) is 2.46. The first-order valence-electron chi connectivity index (χ1n) is 9.76. The fraction of sp³-hybridized carbons (Fsp3) is 0.727. The normalized spacial score (nSPS) is 25.3. The topological polar surface area (TPSA) is 6.48 Å². The van der Waals surface area contributed by atoms with Crippen molar-refractivity contribution in [3.63, 3.8) is 0 Å². The lowest BCUT2D eigenvalue weighted by Crippen LogP contribution is -2.68. The first-order chi connectivity index (χ1) is 11.2. The molecule has 0 spiro atoms. The molecule has 4 rings (SSSR count). The van der Waals surface area contributed by atoms with E-state index < -0.39 is 0 Å². The third-order valence-corrected chi connectivity index (χ3v) is 5.45. The Morgan fingerprint density at radius 1 is 0.708 bits per heavy atom. The van der Waals surface area contributed by atoms with Crippen LogP contribution >= 0.6 is 0 Å². The molecule has 0 aliphatic carbocycles. The van der Waals surface area contributed by atoms with E-state index in [0.29, 0.717) is 12.1 Å². The SMILES string of the molecule is CC.CC(C)(C)N1C[C@H]2Cc3ccccc3C[C@@H]1CN2C(C)(C)C. The van der Waals surface area contributed by atoms with Gasteiger partial charge in [-0.25, -0.2) is 0 Å². The lowest BCUT2D eigenvalue weighted by Gasteiger charge is -2.56. The molecule has 1 aromatic rings. The number of nitrogens with zero attached hydrogens (tertiary/aromatic N) is 2. The average molecular weight is 331 g/mol. The van der Waals surface area contributed by atoms with Crippen molar-refractivity contribution in [2.45, 2.75) is 91.4 Å². The van der Waals surface area contributed by atoms with Gasteiger partial charge in [-0.15, -0.1) is 0 Å². The van der Waals surface area contributed by atoms with E-state index >= 15 is 0 Å². The van der Waals surface area contributed by atoms with Gasteiger partial charge in [0, 0.05) is 36.3 Å². The zero-order valence-corrected chi connectivity index (χ0v) is 17.2. The third-order valence-electron chi connectivity index (χ3n) is 5.45. The summed E-state index contributed by atoms with van der Waals surface area (Å²) < 4.78 is 0. The van der Waals surface area contributed by atoms with E-state index in [1.165, 1.54) is 25.9 Å². The van der Waals surface area contributed by atoms with Crippen LogP contribution in [0.15, 0.2) is 24.3 Å². The van der Waals surface area contributed by atoms with Crippen LogP contribution in [0.3, 0.4) is 0 Å². The lowest BCUT2D eigenvalue weighted by molar-refractivity contribution is -0.0608. The summed E-state index contributed by atoms with van der Waals surface area (Å²) in [7, 11) is 0. The quantitative estimate of drug-likeness (QED) is 0.676. The van der Waals surface area contributed by atoms with Crippen molar-refractivity contribution in [2.75, 3.05) is 13.1 Å². The molecule has 24 heavy (non-hydrogen) atoms. The Hall–Kier alpha value is -0.860. The summed E-state index contributed by atoms with van der Waals surface area (Å²) in [5.74, 6) is 0. The minimum Gasteiger partial charge on any atom is -0.292 e. The number of rotatable bonds is 0. The third kappa shape index (κ3) is 4.03. The first-order valence-corrected chi connectivity index (χ1v) is 9.76. The summed E-state index contributed by atoms with van der Waals surface area (Å²) in [5, 5.41) is 0. The molecule has 0 saturated carbocycles. The Morgan fingerprint density at radius 2 is 1.04 bits per heavy atom. The monoisotopic (exact) mass is 330 g/mol. The zero-order valence-electron chi connectivity index (χ0n) is 17.2. The zero-order chi connectivity index (χ0) is 18.1. The van der Waals surface area contributed by atoms with E-state index in [2.05, 4.69) is 75.6 Å². The molecule has 0 N–H and O–H groups in total. The molecule has 3 aliphatic heterocycles. The molecule has 1 aromatic carbocycles. The van der Waals surface area contributed by atoms with E-state index in [0.717, 1.165) is 0 Å². The fourth-order valence-electron chi connectivity index (χ4n) is 4.41. The van der Waals surface area contributed by atoms with Gasteiger partial charge in [-0.3, -0.25) is 9.80 Å². The molecule has 2 bridgehead atoms. The van der Waals surface area contributed by atoms with Gasteiger partial charge in [0.15, 0.2) is 0 Å². The molecule has 2 heteroatoms. The van der Waals surface area contributed by atoms with Gasteiger partial charge in [-0.05, 0) is 65.5 Å². The van der Waals surface area contributed by atoms with Gasteiger partial charge in [0.25, 0.3) is 0 Å². The van der Waals surface area contributed by atoms with Crippen molar-refractivity contribution < 1.29 is 0 Å². The second-order valence-electron chi connectivity index (χ2n) is 9.13. The summed E-state index contributed by atoms with van der Waals surface area (Å²) in [5.41, 5.74) is 3.64. The number of fused-ring (bicyclic) bond motifs is 2. The minimum absolute atomic E-state index is 0.249. The molecule has 0 radical (unpaired) electrons. The Bertz CT molecular complexity index is 487. The van der Waals surface area contributed by atoms with Crippen LogP contribution in [0.2, 0.25) is 0 Å². The summed E-state index contributed by atoms with van der Waals surface area (Å²) in [6.45, 7) is 20.6. The maximum Gasteiger partial charge on any atom is 0.0269 e. The smallest absolute Gasteiger partial charge is 0.0269 e. The molecule has 136 valence electrons. The molecule has 3 heterocycles. The van der Waals surface area contributed by atoms with Crippen LogP contribution < -0.4 is 0 Å². The van der Waals surface area contributed by atoms with E-state index in [1.807, 2.05) is 13.8 Å². The van der Waals surface area contributed by atoms with Crippen molar-refractivity contribution >= 4 is 0 Å². The maximum atomic E-state index is 2.76. The Morgan fingerprint density at radius 3 is 1.33 bits per heavy atom. The molecular formula is C22H38N2. The van der Waals surface area contributed by atoms with Crippen LogP contribution in [0, 0.1) is 0 Å². The molecule has 1 fully saturated rings. The predicted molar refractivity (Wildman–Crippen MR) is 106 cm³/mol. The van der Waals surface area contributed by atoms with Crippen LogP contribution in [0.1, 0.15) is 66.5 Å². The molecular weight excluding hydrogens is 292 g/mol. The number of hydrogen-bond donors (Lipinski definition) is 0. The Kier molecular flexibility index (Phi) is 5.82. The van der Waals surface area contributed by atoms with Crippen LogP contribution in [-0.2, 0) is 12.8 Å². The van der Waals surface area contributed by atoms with Crippen LogP contribution in [0.5, 0.6) is 0 Å². The summed E-state index contributed by atoms with van der Waals surface area (Å²) in [6, 6.07) is 10.3. The second-order valence-corrected chi connectivity index (χ2v) is 9.13. The van der Waals surface area contributed by atoms with Gasteiger partial charge in [0.2, 0.25) is 0 Å². The van der Waals surface area contributed by atoms with Gasteiger partial charge < -0.3 is 0 Å². The number of piperazine rings is 1.